The lowest BCUT2D eigenvalue weighted by Gasteiger charge is -2.32. The van der Waals surface area contributed by atoms with E-state index in [-0.39, 0.29) is 24.5 Å². The molecule has 1 fully saturated rings. The van der Waals surface area contributed by atoms with Gasteiger partial charge in [0, 0.05) is 36.7 Å². The minimum atomic E-state index is -0.133. The van der Waals surface area contributed by atoms with Crippen LogP contribution < -0.4 is 19.8 Å². The molecule has 1 saturated heterocycles. The average Bonchev–Trinajstić information content (AvgIpc) is 3.72. The van der Waals surface area contributed by atoms with Gasteiger partial charge in [-0.15, -0.1) is 5.10 Å². The Morgan fingerprint density at radius 1 is 1.18 bits per heavy atom. The number of tetrazole rings is 1. The summed E-state index contributed by atoms with van der Waals surface area (Å²) in [5.74, 6) is 2.88. The van der Waals surface area contributed by atoms with Gasteiger partial charge in [-0.2, -0.15) is 0 Å². The molecule has 0 radical (unpaired) electrons. The lowest BCUT2D eigenvalue weighted by atomic mass is 10.1. The minimum absolute atomic E-state index is 0.0957. The maximum Gasteiger partial charge on any atom is 0.252 e. The van der Waals surface area contributed by atoms with E-state index in [1.54, 1.807) is 7.11 Å². The first-order chi connectivity index (χ1) is 19.1. The Hall–Kier alpha value is -3.96. The van der Waals surface area contributed by atoms with E-state index in [0.29, 0.717) is 42.2 Å². The molecule has 2 aromatic heterocycles. The molecule has 0 spiro atoms. The van der Waals surface area contributed by atoms with E-state index in [9.17, 15) is 4.79 Å². The summed E-state index contributed by atoms with van der Waals surface area (Å²) in [7, 11) is 1.65. The van der Waals surface area contributed by atoms with Crippen LogP contribution in [-0.2, 0) is 17.8 Å². The Balaban J connectivity index is 1.31. The van der Waals surface area contributed by atoms with Crippen molar-refractivity contribution in [2.75, 3.05) is 27.1 Å². The second-order valence-electron chi connectivity index (χ2n) is 9.95. The van der Waals surface area contributed by atoms with E-state index in [2.05, 4.69) is 32.3 Å². The van der Waals surface area contributed by atoms with Gasteiger partial charge in [-0.1, -0.05) is 19.1 Å². The third kappa shape index (κ3) is 5.32. The van der Waals surface area contributed by atoms with Crippen molar-refractivity contribution in [3.8, 4) is 17.2 Å². The smallest absolute Gasteiger partial charge is 0.252 e. The Morgan fingerprint density at radius 3 is 2.74 bits per heavy atom. The second kappa shape index (κ2) is 11.0. The van der Waals surface area contributed by atoms with Gasteiger partial charge in [0.1, 0.15) is 5.75 Å². The summed E-state index contributed by atoms with van der Waals surface area (Å²) in [4.78, 5) is 18.5. The Bertz CT molecular complexity index is 1490. The molecule has 2 aromatic carbocycles. The molecular formula is C28H32N6O5. The number of aromatic nitrogens is 5. The van der Waals surface area contributed by atoms with E-state index in [0.717, 1.165) is 48.4 Å². The summed E-state index contributed by atoms with van der Waals surface area (Å²) in [5, 5.41) is 13.7. The highest BCUT2D eigenvalue weighted by Gasteiger charge is 2.29. The minimum Gasteiger partial charge on any atom is -0.497 e. The number of ether oxygens (including phenoxy) is 4. The fourth-order valence-electron chi connectivity index (χ4n) is 5.40. The molecule has 0 unspecified atom stereocenters. The SMILES string of the molecule is CC[C@@H](c1nnnn1Cc1ccc(OC)cc1)N(Cc1cc2cc3c(cc2[nH]c1=O)OCO3)C[C@@H]1CCCO1. The molecule has 1 N–H and O–H groups in total. The number of hydrogen-bond donors (Lipinski definition) is 1. The maximum atomic E-state index is 13.2. The predicted octanol–water partition coefficient (Wildman–Crippen LogP) is 3.43. The van der Waals surface area contributed by atoms with Crippen LogP contribution in [0.25, 0.3) is 10.9 Å². The summed E-state index contributed by atoms with van der Waals surface area (Å²) >= 11 is 0. The van der Waals surface area contributed by atoms with E-state index < -0.39 is 0 Å². The molecule has 0 amide bonds. The van der Waals surface area contributed by atoms with Crippen LogP contribution in [0.1, 0.15) is 49.2 Å². The molecule has 0 bridgehead atoms. The van der Waals surface area contributed by atoms with Gasteiger partial charge < -0.3 is 23.9 Å². The maximum absolute atomic E-state index is 13.2. The van der Waals surface area contributed by atoms with Gasteiger partial charge in [0.2, 0.25) is 6.79 Å². The number of fused-ring (bicyclic) bond motifs is 2. The van der Waals surface area contributed by atoms with E-state index >= 15 is 0 Å². The number of nitrogens with one attached hydrogen (secondary N) is 1. The van der Waals surface area contributed by atoms with Crippen LogP contribution in [0.5, 0.6) is 17.2 Å². The van der Waals surface area contributed by atoms with Crippen molar-refractivity contribution >= 4 is 10.9 Å². The molecule has 6 rings (SSSR count). The van der Waals surface area contributed by atoms with Gasteiger partial charge in [0.05, 0.1) is 31.3 Å². The number of aromatic amines is 1. The number of hydrogen-bond acceptors (Lipinski definition) is 9. The molecule has 2 aliphatic rings. The zero-order valence-corrected chi connectivity index (χ0v) is 22.1. The molecule has 204 valence electrons. The van der Waals surface area contributed by atoms with Crippen molar-refractivity contribution < 1.29 is 18.9 Å². The third-order valence-electron chi connectivity index (χ3n) is 7.43. The molecule has 39 heavy (non-hydrogen) atoms. The lowest BCUT2D eigenvalue weighted by molar-refractivity contribution is 0.0489. The summed E-state index contributed by atoms with van der Waals surface area (Å²) < 4.78 is 24.2. The first kappa shape index (κ1) is 25.3. The predicted molar refractivity (Wildman–Crippen MR) is 143 cm³/mol. The second-order valence-corrected chi connectivity index (χ2v) is 9.95. The molecule has 0 aliphatic carbocycles. The van der Waals surface area contributed by atoms with Crippen molar-refractivity contribution in [1.82, 2.24) is 30.1 Å². The zero-order valence-electron chi connectivity index (χ0n) is 22.1. The molecule has 11 heteroatoms. The van der Waals surface area contributed by atoms with Gasteiger partial charge in [-0.05, 0) is 59.5 Å². The molecule has 0 saturated carbocycles. The summed E-state index contributed by atoms with van der Waals surface area (Å²) in [6.45, 7) is 4.68. The highest BCUT2D eigenvalue weighted by molar-refractivity contribution is 5.83. The van der Waals surface area contributed by atoms with Crippen molar-refractivity contribution in [2.45, 2.75) is 51.4 Å². The van der Waals surface area contributed by atoms with Crippen LogP contribution in [0.2, 0.25) is 0 Å². The number of methoxy groups -OCH3 is 1. The van der Waals surface area contributed by atoms with Gasteiger partial charge in [0.15, 0.2) is 17.3 Å². The van der Waals surface area contributed by atoms with Crippen LogP contribution in [-0.4, -0.2) is 63.2 Å². The van der Waals surface area contributed by atoms with Crippen molar-refractivity contribution in [1.29, 1.82) is 0 Å². The fourth-order valence-corrected chi connectivity index (χ4v) is 5.40. The van der Waals surface area contributed by atoms with Gasteiger partial charge in [-0.25, -0.2) is 4.68 Å². The van der Waals surface area contributed by atoms with Crippen molar-refractivity contribution in [2.24, 2.45) is 0 Å². The zero-order chi connectivity index (χ0) is 26.8. The van der Waals surface area contributed by atoms with Gasteiger partial charge >= 0.3 is 0 Å². The molecule has 4 aromatic rings. The molecule has 11 nitrogen and oxygen atoms in total. The van der Waals surface area contributed by atoms with Crippen LogP contribution in [0.3, 0.4) is 0 Å². The molecule has 2 atom stereocenters. The number of pyridine rings is 1. The highest BCUT2D eigenvalue weighted by atomic mass is 16.7. The van der Waals surface area contributed by atoms with Gasteiger partial charge in [0.25, 0.3) is 5.56 Å². The summed E-state index contributed by atoms with van der Waals surface area (Å²) in [5.41, 5.74) is 2.31. The topological polar surface area (TPSA) is 117 Å². The first-order valence-corrected chi connectivity index (χ1v) is 13.3. The summed E-state index contributed by atoms with van der Waals surface area (Å²) in [6.07, 6.45) is 2.88. The standard InChI is InChI=1S/C28H32N6O5/c1-3-24(27-30-31-32-34(27)14-18-6-8-21(36-2)9-7-18)33(16-22-5-4-10-37-22)15-20-11-19-12-25-26(39-17-38-25)13-23(19)29-28(20)35/h6-9,11-13,22,24H,3-5,10,14-17H2,1-2H3,(H,29,35)/t22-,24-/m0/s1. The largest absolute Gasteiger partial charge is 0.497 e. The highest BCUT2D eigenvalue weighted by Crippen LogP contribution is 2.35. The molecule has 4 heterocycles. The number of H-pyrrole nitrogens is 1. The third-order valence-corrected chi connectivity index (χ3v) is 7.43. The van der Waals surface area contributed by atoms with Crippen molar-refractivity contribution in [3.05, 3.63) is 69.8 Å². The van der Waals surface area contributed by atoms with Crippen LogP contribution in [0.15, 0.2) is 47.3 Å². The number of nitrogens with zero attached hydrogens (tertiary/aromatic N) is 5. The number of rotatable bonds is 10. The van der Waals surface area contributed by atoms with Gasteiger partial charge in [-0.3, -0.25) is 9.69 Å². The average molecular weight is 533 g/mol. The normalized spacial score (nSPS) is 17.3. The van der Waals surface area contributed by atoms with E-state index in [4.69, 9.17) is 18.9 Å². The number of benzene rings is 2. The monoisotopic (exact) mass is 532 g/mol. The quantitative estimate of drug-likeness (QED) is 0.328. The van der Waals surface area contributed by atoms with Crippen molar-refractivity contribution in [3.63, 3.8) is 0 Å². The van der Waals surface area contributed by atoms with Crippen LogP contribution in [0, 0.1) is 0 Å². The Labute approximate surface area is 225 Å². The Kier molecular flexibility index (Phi) is 7.16. The van der Waals surface area contributed by atoms with Crippen LogP contribution in [0.4, 0.5) is 0 Å². The molecule has 2 aliphatic heterocycles. The van der Waals surface area contributed by atoms with Crippen LogP contribution >= 0.6 is 0 Å². The first-order valence-electron chi connectivity index (χ1n) is 13.3. The molecular weight excluding hydrogens is 500 g/mol. The fraction of sp³-hybridized carbons (Fsp3) is 0.429. The van der Waals surface area contributed by atoms with E-state index in [1.165, 1.54) is 0 Å². The lowest BCUT2D eigenvalue weighted by Crippen LogP contribution is -2.37. The van der Waals surface area contributed by atoms with E-state index in [1.807, 2.05) is 47.1 Å². The summed E-state index contributed by atoms with van der Waals surface area (Å²) in [6, 6.07) is 13.4. The Morgan fingerprint density at radius 2 is 2.00 bits per heavy atom.